The summed E-state index contributed by atoms with van der Waals surface area (Å²) in [4.78, 5) is 30.7. The quantitative estimate of drug-likeness (QED) is 0.821. The molecule has 1 aliphatic heterocycles. The summed E-state index contributed by atoms with van der Waals surface area (Å²) in [6.45, 7) is 6.69. The molecule has 7 nitrogen and oxygen atoms in total. The lowest BCUT2D eigenvalue weighted by molar-refractivity contribution is -0.117. The molecule has 1 aliphatic rings. The van der Waals surface area contributed by atoms with Gasteiger partial charge in [0.1, 0.15) is 16.9 Å². The van der Waals surface area contributed by atoms with Gasteiger partial charge >= 0.3 is 5.97 Å². The van der Waals surface area contributed by atoms with Crippen LogP contribution in [-0.4, -0.2) is 40.9 Å². The van der Waals surface area contributed by atoms with Crippen molar-refractivity contribution in [3.63, 3.8) is 0 Å². The second-order valence-electron chi connectivity index (χ2n) is 6.78. The Morgan fingerprint density at radius 1 is 1.44 bits per heavy atom. The van der Waals surface area contributed by atoms with E-state index >= 15 is 0 Å². The molecule has 0 aliphatic carbocycles. The number of amides is 1. The number of esters is 1. The van der Waals surface area contributed by atoms with Crippen LogP contribution in [0.5, 0.6) is 0 Å². The van der Waals surface area contributed by atoms with Crippen LogP contribution < -0.4 is 10.2 Å². The molecule has 1 atom stereocenters. The number of nitrogens with one attached hydrogen (secondary N) is 1. The summed E-state index contributed by atoms with van der Waals surface area (Å²) in [5.41, 5.74) is 0.293. The summed E-state index contributed by atoms with van der Waals surface area (Å²) in [5.74, 6) is 0.257. The molecule has 0 spiro atoms. The lowest BCUT2D eigenvalue weighted by Crippen LogP contribution is -2.33. The van der Waals surface area contributed by atoms with E-state index in [4.69, 9.17) is 4.74 Å². The second kappa shape index (κ2) is 6.72. The van der Waals surface area contributed by atoms with Crippen molar-refractivity contribution in [2.24, 2.45) is 0 Å². The Morgan fingerprint density at radius 3 is 2.84 bits per heavy atom. The third-order valence-electron chi connectivity index (χ3n) is 3.90. The van der Waals surface area contributed by atoms with E-state index in [1.54, 1.807) is 16.3 Å². The van der Waals surface area contributed by atoms with Gasteiger partial charge in [-0.3, -0.25) is 4.79 Å². The lowest BCUT2D eigenvalue weighted by atomic mass is 9.96. The van der Waals surface area contributed by atoms with Crippen LogP contribution in [0.2, 0.25) is 0 Å². The summed E-state index contributed by atoms with van der Waals surface area (Å²) >= 11 is 2.62. The molecular weight excluding hydrogens is 360 g/mol. The van der Waals surface area contributed by atoms with Crippen molar-refractivity contribution in [2.45, 2.75) is 38.6 Å². The van der Waals surface area contributed by atoms with Crippen LogP contribution in [0.3, 0.4) is 0 Å². The molecule has 0 aromatic carbocycles. The van der Waals surface area contributed by atoms with Crippen molar-refractivity contribution in [2.75, 3.05) is 23.9 Å². The number of hydrogen-bond acceptors (Lipinski definition) is 8. The van der Waals surface area contributed by atoms with E-state index in [1.165, 1.54) is 30.0 Å². The highest BCUT2D eigenvalue weighted by molar-refractivity contribution is 7.14. The molecule has 3 heterocycles. The Bertz CT molecular complexity index is 793. The first-order valence-corrected chi connectivity index (χ1v) is 9.54. The first-order chi connectivity index (χ1) is 11.8. The molecule has 9 heteroatoms. The van der Waals surface area contributed by atoms with Crippen LogP contribution in [0, 0.1) is 0 Å². The average molecular weight is 380 g/mol. The number of aromatic nitrogens is 2. The van der Waals surface area contributed by atoms with E-state index in [2.05, 4.69) is 14.7 Å². The van der Waals surface area contributed by atoms with Crippen LogP contribution >= 0.6 is 22.9 Å². The molecule has 25 heavy (non-hydrogen) atoms. The third-order valence-corrected chi connectivity index (χ3v) is 5.48. The second-order valence-corrected chi connectivity index (χ2v) is 8.43. The zero-order valence-electron chi connectivity index (χ0n) is 14.5. The van der Waals surface area contributed by atoms with Crippen LogP contribution in [0.15, 0.2) is 11.4 Å². The first kappa shape index (κ1) is 17.8. The molecule has 2 aromatic rings. The molecule has 1 N–H and O–H groups in total. The molecule has 134 valence electrons. The monoisotopic (exact) mass is 380 g/mol. The number of carbonyl (C=O) groups excluding carboxylic acids is 2. The van der Waals surface area contributed by atoms with Crippen molar-refractivity contribution in [1.82, 2.24) is 9.36 Å². The van der Waals surface area contributed by atoms with Gasteiger partial charge in [0.05, 0.1) is 12.7 Å². The van der Waals surface area contributed by atoms with E-state index in [0.29, 0.717) is 28.7 Å². The predicted octanol–water partition coefficient (Wildman–Crippen LogP) is 2.90. The van der Waals surface area contributed by atoms with Crippen molar-refractivity contribution in [1.29, 1.82) is 0 Å². The van der Waals surface area contributed by atoms with Gasteiger partial charge in [0, 0.05) is 23.5 Å². The van der Waals surface area contributed by atoms with E-state index in [0.717, 1.165) is 5.82 Å². The van der Waals surface area contributed by atoms with Crippen LogP contribution in [0.1, 0.15) is 43.4 Å². The highest BCUT2D eigenvalue weighted by Gasteiger charge is 2.36. The number of ether oxygens (including phenoxy) is 1. The summed E-state index contributed by atoms with van der Waals surface area (Å²) in [5, 5.41) is 6.24. The van der Waals surface area contributed by atoms with Crippen molar-refractivity contribution in [3.8, 4) is 0 Å². The maximum absolute atomic E-state index is 12.7. The van der Waals surface area contributed by atoms with Gasteiger partial charge in [-0.2, -0.15) is 4.37 Å². The molecule has 1 saturated heterocycles. The minimum Gasteiger partial charge on any atom is -0.465 e. The van der Waals surface area contributed by atoms with Crippen LogP contribution in [0.4, 0.5) is 10.1 Å². The smallest absolute Gasteiger partial charge is 0.340 e. The van der Waals surface area contributed by atoms with Crippen molar-refractivity contribution >= 4 is 44.9 Å². The largest absolute Gasteiger partial charge is 0.465 e. The lowest BCUT2D eigenvalue weighted by Gasteiger charge is -2.16. The fraction of sp³-hybridized carbons (Fsp3) is 0.500. The SMILES string of the molecule is COC(=O)c1ccsc1N1CCC(Nc2nc(C(C)(C)C)ns2)C1=O. The van der Waals surface area contributed by atoms with Crippen LogP contribution in [-0.2, 0) is 14.9 Å². The topological polar surface area (TPSA) is 84.4 Å². The fourth-order valence-electron chi connectivity index (χ4n) is 2.53. The van der Waals surface area contributed by atoms with Gasteiger partial charge in [0.2, 0.25) is 11.0 Å². The molecule has 0 bridgehead atoms. The number of carbonyl (C=O) groups is 2. The van der Waals surface area contributed by atoms with Crippen molar-refractivity contribution in [3.05, 3.63) is 22.8 Å². The Hall–Kier alpha value is -2.00. The zero-order valence-corrected chi connectivity index (χ0v) is 16.2. The third kappa shape index (κ3) is 3.52. The highest BCUT2D eigenvalue weighted by atomic mass is 32.1. The molecule has 0 radical (unpaired) electrons. The maximum atomic E-state index is 12.7. The molecule has 1 fully saturated rings. The van der Waals surface area contributed by atoms with Crippen LogP contribution in [0.25, 0.3) is 0 Å². The molecule has 1 unspecified atom stereocenters. The number of nitrogens with zero attached hydrogens (tertiary/aromatic N) is 3. The minimum absolute atomic E-state index is 0.0693. The van der Waals surface area contributed by atoms with Gasteiger partial charge in [-0.1, -0.05) is 20.8 Å². The van der Waals surface area contributed by atoms with Crippen molar-refractivity contribution < 1.29 is 14.3 Å². The van der Waals surface area contributed by atoms with Gasteiger partial charge in [-0.15, -0.1) is 11.3 Å². The number of thiophene rings is 1. The van der Waals surface area contributed by atoms with E-state index in [-0.39, 0.29) is 17.4 Å². The van der Waals surface area contributed by atoms with Gasteiger partial charge in [-0.25, -0.2) is 9.78 Å². The summed E-state index contributed by atoms with van der Waals surface area (Å²) in [6, 6.07) is 1.31. The van der Waals surface area contributed by atoms with E-state index < -0.39 is 5.97 Å². The zero-order chi connectivity index (χ0) is 18.2. The maximum Gasteiger partial charge on any atom is 0.340 e. The number of rotatable bonds is 4. The van der Waals surface area contributed by atoms with E-state index in [9.17, 15) is 9.59 Å². The number of anilines is 2. The predicted molar refractivity (Wildman–Crippen MR) is 98.6 cm³/mol. The molecule has 1 amide bonds. The Kier molecular flexibility index (Phi) is 4.79. The average Bonchev–Trinajstić information content (AvgIpc) is 3.27. The number of methoxy groups -OCH3 is 1. The summed E-state index contributed by atoms with van der Waals surface area (Å²) in [6.07, 6.45) is 0.641. The standard InChI is InChI=1S/C16H20N4O3S2/c1-16(2,3)14-18-15(25-19-14)17-10-5-7-20(11(10)21)12-9(6-8-24-12)13(22)23-4/h6,8,10H,5,7H2,1-4H3,(H,17,18,19). The molecule has 3 rings (SSSR count). The summed E-state index contributed by atoms with van der Waals surface area (Å²) in [7, 11) is 1.34. The van der Waals surface area contributed by atoms with Gasteiger partial charge in [0.25, 0.3) is 0 Å². The normalized spacial score (nSPS) is 17.8. The van der Waals surface area contributed by atoms with E-state index in [1.807, 2.05) is 20.8 Å². The van der Waals surface area contributed by atoms with Gasteiger partial charge in [-0.05, 0) is 17.9 Å². The number of hydrogen-bond donors (Lipinski definition) is 1. The van der Waals surface area contributed by atoms with Gasteiger partial charge in [0.15, 0.2) is 0 Å². The highest BCUT2D eigenvalue weighted by Crippen LogP contribution is 2.33. The molecule has 0 saturated carbocycles. The summed E-state index contributed by atoms with van der Waals surface area (Å²) < 4.78 is 9.14. The first-order valence-electron chi connectivity index (χ1n) is 7.89. The Labute approximate surface area is 154 Å². The molecule has 2 aromatic heterocycles. The van der Waals surface area contributed by atoms with Gasteiger partial charge < -0.3 is 15.0 Å². The Morgan fingerprint density at radius 2 is 2.20 bits per heavy atom. The minimum atomic E-state index is -0.431. The fourth-order valence-corrected chi connectivity index (χ4v) is 4.26. The Balaban J connectivity index is 1.73. The molecular formula is C16H20N4O3S2.